The molecule has 0 bridgehead atoms. The first kappa shape index (κ1) is 57.2. The Morgan fingerprint density at radius 1 is 0.143 bits per heavy atom. The molecule has 0 fully saturated rings. The van der Waals surface area contributed by atoms with E-state index in [1.165, 1.54) is 31.8 Å². The van der Waals surface area contributed by atoms with Crippen LogP contribution in [0, 0.1) is 0 Å². The topological polar surface area (TPSA) is 0 Å². The zero-order chi connectivity index (χ0) is 51.7. The van der Waals surface area contributed by atoms with Crippen LogP contribution in [0.3, 0.4) is 0 Å². The summed E-state index contributed by atoms with van der Waals surface area (Å²) in [6.07, 6.45) is 0. The summed E-state index contributed by atoms with van der Waals surface area (Å²) in [6, 6.07) is 131. The van der Waals surface area contributed by atoms with Gasteiger partial charge in [0.25, 0.3) is 0 Å². The van der Waals surface area contributed by atoms with Crippen LogP contribution in [0.25, 0.3) is 0 Å². The van der Waals surface area contributed by atoms with E-state index in [1.54, 1.807) is 18.7 Å². The van der Waals surface area contributed by atoms with E-state index < -0.39 is 61.3 Å². The minimum atomic E-state index is -2.17. The molecule has 0 aliphatic heterocycles. The summed E-state index contributed by atoms with van der Waals surface area (Å²) in [4.78, 5) is 0. The van der Waals surface area contributed by atoms with Crippen molar-refractivity contribution in [2.45, 2.75) is 0 Å². The molecule has 0 saturated carbocycles. The van der Waals surface area contributed by atoms with Crippen LogP contribution >= 0.6 is 15.8 Å². The first-order valence-electron chi connectivity index (χ1n) is 25.9. The largest absolute Gasteiger partial charge is 0.102 e. The van der Waals surface area contributed by atoms with Gasteiger partial charge in [-0.2, -0.15) is 0 Å². The molecule has 0 nitrogen and oxygen atoms in total. The van der Waals surface area contributed by atoms with Crippen molar-refractivity contribution in [3.63, 3.8) is 0 Å². The Bertz CT molecular complexity index is 2580. The molecule has 0 spiro atoms. The molecular formula is C72H62P2Pb2Pd+2. The number of hydrogen-bond donors (Lipinski definition) is 0. The maximum atomic E-state index is 2.29. The van der Waals surface area contributed by atoms with Gasteiger partial charge in [0.15, 0.2) is 0 Å². The van der Waals surface area contributed by atoms with Crippen molar-refractivity contribution in [3.05, 3.63) is 364 Å². The standard InChI is InChI=1S/2C18H15P.6C6H5.2Pb.Pd/c2*1-4-10-16(11-5-1)19(17-12-6-2-7-13-17)18-14-8-3-9-15-18;6*1-2-4-6-5-3-1;;;/h2*1-15H;6*1-5H;;;/p+2. The number of benzene rings is 12. The van der Waals surface area contributed by atoms with Crippen molar-refractivity contribution in [2.75, 3.05) is 0 Å². The monoisotopic (exact) mass is 1510 g/mol. The van der Waals surface area contributed by atoms with Crippen LogP contribution < -0.4 is 50.6 Å². The molecule has 0 atom stereocenters. The van der Waals surface area contributed by atoms with E-state index in [2.05, 4.69) is 364 Å². The van der Waals surface area contributed by atoms with Gasteiger partial charge < -0.3 is 0 Å². The Labute approximate surface area is 491 Å². The fourth-order valence-corrected chi connectivity index (χ4v) is 34.5. The Hall–Kier alpha value is -5.99. The summed E-state index contributed by atoms with van der Waals surface area (Å²) in [5.41, 5.74) is 0. The second kappa shape index (κ2) is 32.0. The molecule has 0 heterocycles. The van der Waals surface area contributed by atoms with Gasteiger partial charge in [-0.25, -0.2) is 0 Å². The van der Waals surface area contributed by atoms with E-state index in [9.17, 15) is 0 Å². The van der Waals surface area contributed by atoms with Crippen molar-refractivity contribution in [1.29, 1.82) is 0 Å². The molecular weight excluding hydrogens is 1450 g/mol. The summed E-state index contributed by atoms with van der Waals surface area (Å²) in [5, 5.41) is 8.61. The Balaban J connectivity index is 0.000000135. The molecule has 12 aromatic rings. The van der Waals surface area contributed by atoms with Gasteiger partial charge in [-0.05, 0) is 72.8 Å². The van der Waals surface area contributed by atoms with Crippen molar-refractivity contribution in [2.24, 2.45) is 0 Å². The van der Waals surface area contributed by atoms with E-state index in [4.69, 9.17) is 0 Å². The molecule has 376 valence electrons. The number of hydrogen-bond acceptors (Lipinski definition) is 0. The van der Waals surface area contributed by atoms with Crippen LogP contribution in [0.15, 0.2) is 364 Å². The molecule has 0 unspecified atom stereocenters. The van der Waals surface area contributed by atoms with E-state index in [0.29, 0.717) is 0 Å². The van der Waals surface area contributed by atoms with Gasteiger partial charge >= 0.3 is 246 Å². The maximum absolute atomic E-state index is 2.29. The first-order valence-corrected chi connectivity index (χ1v) is 40.6. The minimum Gasteiger partial charge on any atom is -0.0620 e. The summed E-state index contributed by atoms with van der Waals surface area (Å²) >= 11 is -4.34. The van der Waals surface area contributed by atoms with Gasteiger partial charge in [-0.15, -0.1) is 0 Å². The molecule has 5 heteroatoms. The van der Waals surface area contributed by atoms with Crippen molar-refractivity contribution in [3.8, 4) is 0 Å². The normalized spacial score (nSPS) is 10.4. The van der Waals surface area contributed by atoms with Crippen LogP contribution in [0.5, 0.6) is 0 Å². The summed E-state index contributed by atoms with van der Waals surface area (Å²) in [7, 11) is -1.75. The predicted molar refractivity (Wildman–Crippen MR) is 341 cm³/mol. The molecule has 2 radical (unpaired) electrons. The zero-order valence-corrected chi connectivity index (χ0v) is 54.3. The van der Waals surface area contributed by atoms with Crippen LogP contribution in [0.2, 0.25) is 0 Å². The summed E-state index contributed by atoms with van der Waals surface area (Å²) in [6.45, 7) is 0. The second-order valence-corrected chi connectivity index (χ2v) is 42.2. The maximum Gasteiger partial charge on any atom is 0.102 e. The molecule has 0 aromatic heterocycles. The van der Waals surface area contributed by atoms with Crippen molar-refractivity contribution >= 4 is 112 Å². The van der Waals surface area contributed by atoms with E-state index in [1.807, 2.05) is 0 Å². The molecule has 0 aliphatic carbocycles. The number of rotatable bonds is 12. The van der Waals surface area contributed by atoms with Crippen LogP contribution in [-0.4, -0.2) is 45.4 Å². The summed E-state index contributed by atoms with van der Waals surface area (Å²) in [5.74, 6) is 0. The molecule has 77 heavy (non-hydrogen) atoms. The van der Waals surface area contributed by atoms with Gasteiger partial charge in [0, 0.05) is 20.4 Å². The molecule has 0 aliphatic rings. The van der Waals surface area contributed by atoms with Gasteiger partial charge in [-0.3, -0.25) is 0 Å². The SMILES string of the molecule is [Pd].c1cc[c]([Pb]([c]2ccccc2)[c]2ccccc2)cc1.c1cc[c]([Pb]([c]2ccccc2)[c]2ccccc2)cc1.c1ccc([PH+](c2ccccc2)c2ccccc2)cc1.c1ccc([PH+](c2ccccc2)c2ccccc2)cc1. The van der Waals surface area contributed by atoms with E-state index in [-0.39, 0.29) is 20.4 Å². The molecule has 12 rings (SSSR count). The average Bonchev–Trinajstić information content (AvgIpc) is 3.51. The third-order valence-corrected chi connectivity index (χ3v) is 39.5. The van der Waals surface area contributed by atoms with Crippen molar-refractivity contribution < 1.29 is 20.4 Å². The molecule has 0 N–H and O–H groups in total. The van der Waals surface area contributed by atoms with E-state index in [0.717, 1.165) is 0 Å². The van der Waals surface area contributed by atoms with E-state index >= 15 is 0 Å². The fourth-order valence-electron chi connectivity index (χ4n) is 9.26. The third kappa shape index (κ3) is 17.0. The third-order valence-electron chi connectivity index (χ3n) is 12.7. The quantitative estimate of drug-likeness (QED) is 0.0845. The predicted octanol–water partition coefficient (Wildman–Crippen LogP) is 10.8. The first-order chi connectivity index (χ1) is 37.8. The Kier molecular flexibility index (Phi) is 23.8. The molecule has 0 saturated heterocycles. The van der Waals surface area contributed by atoms with Gasteiger partial charge in [0.05, 0.1) is 15.8 Å². The van der Waals surface area contributed by atoms with Gasteiger partial charge in [-0.1, -0.05) is 109 Å². The Morgan fingerprint density at radius 3 is 0.364 bits per heavy atom. The smallest absolute Gasteiger partial charge is 0.0620 e. The van der Waals surface area contributed by atoms with Gasteiger partial charge in [0.2, 0.25) is 0 Å². The fraction of sp³-hybridized carbons (Fsp3) is 0. The Morgan fingerprint density at radius 2 is 0.247 bits per heavy atom. The van der Waals surface area contributed by atoms with Gasteiger partial charge in [0.1, 0.15) is 31.8 Å². The van der Waals surface area contributed by atoms with Crippen LogP contribution in [0.4, 0.5) is 0 Å². The molecule has 0 amide bonds. The van der Waals surface area contributed by atoms with Crippen molar-refractivity contribution in [1.82, 2.24) is 0 Å². The average molecular weight is 1510 g/mol. The second-order valence-electron chi connectivity index (χ2n) is 17.9. The van der Waals surface area contributed by atoms with Crippen LogP contribution in [0.1, 0.15) is 0 Å². The zero-order valence-electron chi connectivity index (χ0n) is 43.0. The van der Waals surface area contributed by atoms with Crippen LogP contribution in [-0.2, 0) is 20.4 Å². The minimum absolute atomic E-state index is 0. The molecule has 12 aromatic carbocycles. The summed E-state index contributed by atoms with van der Waals surface area (Å²) < 4.78 is 9.28.